The molecule has 1 unspecified atom stereocenters. The van der Waals surface area contributed by atoms with Crippen LogP contribution in [0.5, 0.6) is 5.75 Å². The molecule has 14 heavy (non-hydrogen) atoms. The normalized spacial score (nSPS) is 22.4. The summed E-state index contributed by atoms with van der Waals surface area (Å²) in [6.45, 7) is 0.280. The zero-order chi connectivity index (χ0) is 9.97. The van der Waals surface area contributed by atoms with Crippen LogP contribution in [-0.2, 0) is 0 Å². The van der Waals surface area contributed by atoms with Crippen molar-refractivity contribution in [2.24, 2.45) is 5.92 Å². The Balaban J connectivity index is 2.08. The predicted octanol–water partition coefficient (Wildman–Crippen LogP) is 2.09. The van der Waals surface area contributed by atoms with Crippen LogP contribution in [0.25, 0.3) is 6.08 Å². The smallest absolute Gasteiger partial charge is 0.118 e. The number of ether oxygens (including phenoxy) is 1. The number of hydrogen-bond acceptors (Lipinski definition) is 2. The van der Waals surface area contributed by atoms with Gasteiger partial charge in [0.2, 0.25) is 0 Å². The Kier molecular flexibility index (Phi) is 2.55. The van der Waals surface area contributed by atoms with Gasteiger partial charge in [-0.25, -0.2) is 0 Å². The van der Waals surface area contributed by atoms with Crippen molar-refractivity contribution in [1.82, 2.24) is 0 Å². The molecule has 1 N–H and O–H groups in total. The summed E-state index contributed by atoms with van der Waals surface area (Å²) in [4.78, 5) is 0. The van der Waals surface area contributed by atoms with Crippen molar-refractivity contribution in [2.45, 2.75) is 6.42 Å². The van der Waals surface area contributed by atoms with Crippen molar-refractivity contribution < 1.29 is 9.84 Å². The molecule has 1 aromatic rings. The monoisotopic (exact) mass is 190 g/mol. The van der Waals surface area contributed by atoms with Crippen LogP contribution in [-0.4, -0.2) is 18.8 Å². The largest absolute Gasteiger partial charge is 0.497 e. The highest BCUT2D eigenvalue weighted by Crippen LogP contribution is 2.38. The van der Waals surface area contributed by atoms with Gasteiger partial charge in [0.25, 0.3) is 0 Å². The van der Waals surface area contributed by atoms with Crippen molar-refractivity contribution in [3.8, 4) is 5.75 Å². The van der Waals surface area contributed by atoms with Crippen molar-refractivity contribution in [2.75, 3.05) is 13.7 Å². The molecule has 0 spiro atoms. The molecule has 1 aliphatic rings. The molecule has 0 radical (unpaired) electrons. The second-order valence-corrected chi connectivity index (χ2v) is 3.58. The maximum absolute atomic E-state index is 8.88. The van der Waals surface area contributed by atoms with Crippen LogP contribution in [0.2, 0.25) is 0 Å². The van der Waals surface area contributed by atoms with Gasteiger partial charge in [0.15, 0.2) is 0 Å². The van der Waals surface area contributed by atoms with E-state index in [4.69, 9.17) is 9.84 Å². The molecule has 1 fully saturated rings. The van der Waals surface area contributed by atoms with Gasteiger partial charge in [-0.15, -0.1) is 0 Å². The van der Waals surface area contributed by atoms with E-state index < -0.39 is 0 Å². The lowest BCUT2D eigenvalue weighted by molar-refractivity contribution is 0.281. The van der Waals surface area contributed by atoms with Gasteiger partial charge in [-0.3, -0.25) is 0 Å². The van der Waals surface area contributed by atoms with Crippen LogP contribution in [0.3, 0.4) is 0 Å². The molecule has 1 atom stereocenters. The first-order valence-corrected chi connectivity index (χ1v) is 4.79. The van der Waals surface area contributed by atoms with Crippen molar-refractivity contribution in [1.29, 1.82) is 0 Å². The number of methoxy groups -OCH3 is 1. The van der Waals surface area contributed by atoms with Crippen LogP contribution >= 0.6 is 0 Å². The lowest BCUT2D eigenvalue weighted by Gasteiger charge is -1.98. The standard InChI is InChI=1S/C12H14O2/c1-14-12-4-2-9(3-5-12)6-10-7-11(10)8-13/h2-6,11,13H,7-8H2,1H3/b10-6+. The third kappa shape index (κ3) is 1.96. The van der Waals surface area contributed by atoms with Crippen molar-refractivity contribution >= 4 is 6.08 Å². The van der Waals surface area contributed by atoms with Gasteiger partial charge >= 0.3 is 0 Å². The average Bonchev–Trinajstić information content (AvgIpc) is 2.98. The summed E-state index contributed by atoms with van der Waals surface area (Å²) in [5.74, 6) is 1.29. The number of aliphatic hydroxyl groups is 1. The summed E-state index contributed by atoms with van der Waals surface area (Å²) >= 11 is 0. The Morgan fingerprint density at radius 3 is 2.64 bits per heavy atom. The van der Waals surface area contributed by atoms with Gasteiger partial charge in [-0.2, -0.15) is 0 Å². The maximum atomic E-state index is 8.88. The summed E-state index contributed by atoms with van der Waals surface area (Å²) in [5, 5.41) is 8.88. The van der Waals surface area contributed by atoms with Crippen LogP contribution in [0.4, 0.5) is 0 Å². The van der Waals surface area contributed by atoms with E-state index in [2.05, 4.69) is 6.08 Å². The van der Waals surface area contributed by atoms with Crippen LogP contribution < -0.4 is 4.74 Å². The molecule has 0 heterocycles. The Labute approximate surface area is 83.8 Å². The Hall–Kier alpha value is -1.28. The lowest BCUT2D eigenvalue weighted by Crippen LogP contribution is -1.82. The molecule has 2 heteroatoms. The van der Waals surface area contributed by atoms with E-state index in [1.807, 2.05) is 24.3 Å². The van der Waals surface area contributed by atoms with Crippen LogP contribution in [0.1, 0.15) is 12.0 Å². The third-order valence-electron chi connectivity index (χ3n) is 2.53. The SMILES string of the molecule is COc1ccc(/C=C2\CC2CO)cc1. The molecule has 1 aromatic carbocycles. The van der Waals surface area contributed by atoms with Gasteiger partial charge < -0.3 is 9.84 Å². The molecular formula is C12H14O2. The summed E-state index contributed by atoms with van der Waals surface area (Å²) in [6, 6.07) is 7.95. The number of benzene rings is 1. The van der Waals surface area contributed by atoms with E-state index in [1.165, 1.54) is 11.1 Å². The number of aliphatic hydroxyl groups excluding tert-OH is 1. The van der Waals surface area contributed by atoms with E-state index in [-0.39, 0.29) is 6.61 Å². The highest BCUT2D eigenvalue weighted by Gasteiger charge is 2.27. The number of rotatable bonds is 3. The zero-order valence-electron chi connectivity index (χ0n) is 8.23. The van der Waals surface area contributed by atoms with Gasteiger partial charge in [0, 0.05) is 12.5 Å². The van der Waals surface area contributed by atoms with Crippen LogP contribution in [0, 0.1) is 5.92 Å². The zero-order valence-corrected chi connectivity index (χ0v) is 8.23. The third-order valence-corrected chi connectivity index (χ3v) is 2.53. The second-order valence-electron chi connectivity index (χ2n) is 3.58. The molecule has 1 aliphatic carbocycles. The fraction of sp³-hybridized carbons (Fsp3) is 0.333. The molecule has 0 aromatic heterocycles. The minimum absolute atomic E-state index is 0.280. The van der Waals surface area contributed by atoms with E-state index >= 15 is 0 Å². The highest BCUT2D eigenvalue weighted by atomic mass is 16.5. The molecule has 2 rings (SSSR count). The summed E-state index contributed by atoms with van der Waals surface area (Å²) in [6.07, 6.45) is 3.18. The van der Waals surface area contributed by atoms with E-state index in [0.29, 0.717) is 5.92 Å². The molecule has 0 bridgehead atoms. The second kappa shape index (κ2) is 3.84. The molecule has 0 amide bonds. The van der Waals surface area contributed by atoms with E-state index in [1.54, 1.807) is 7.11 Å². The van der Waals surface area contributed by atoms with Crippen LogP contribution in [0.15, 0.2) is 29.8 Å². The minimum Gasteiger partial charge on any atom is -0.497 e. The predicted molar refractivity (Wildman–Crippen MR) is 56.2 cm³/mol. The number of hydrogen-bond donors (Lipinski definition) is 1. The summed E-state index contributed by atoms with van der Waals surface area (Å²) in [5.41, 5.74) is 2.52. The van der Waals surface area contributed by atoms with Gasteiger partial charge in [0.1, 0.15) is 5.75 Å². The van der Waals surface area contributed by atoms with Gasteiger partial charge in [-0.1, -0.05) is 23.8 Å². The molecule has 1 saturated carbocycles. The molecular weight excluding hydrogens is 176 g/mol. The molecule has 74 valence electrons. The van der Waals surface area contributed by atoms with E-state index in [9.17, 15) is 0 Å². The van der Waals surface area contributed by atoms with Gasteiger partial charge in [0.05, 0.1) is 7.11 Å². The Morgan fingerprint density at radius 1 is 1.43 bits per heavy atom. The lowest BCUT2D eigenvalue weighted by atomic mass is 10.2. The quantitative estimate of drug-likeness (QED) is 0.790. The van der Waals surface area contributed by atoms with Crippen molar-refractivity contribution in [3.63, 3.8) is 0 Å². The van der Waals surface area contributed by atoms with Gasteiger partial charge in [-0.05, 0) is 24.1 Å². The first kappa shape index (κ1) is 9.28. The highest BCUT2D eigenvalue weighted by molar-refractivity contribution is 5.58. The molecule has 0 saturated heterocycles. The Bertz CT molecular complexity index is 338. The Morgan fingerprint density at radius 2 is 2.14 bits per heavy atom. The summed E-state index contributed by atoms with van der Waals surface area (Å²) < 4.78 is 5.07. The maximum Gasteiger partial charge on any atom is 0.118 e. The van der Waals surface area contributed by atoms with Crippen molar-refractivity contribution in [3.05, 3.63) is 35.4 Å². The minimum atomic E-state index is 0.280. The fourth-order valence-corrected chi connectivity index (χ4v) is 1.50. The average molecular weight is 190 g/mol. The molecule has 2 nitrogen and oxygen atoms in total. The first-order valence-electron chi connectivity index (χ1n) is 4.79. The van der Waals surface area contributed by atoms with E-state index in [0.717, 1.165) is 12.2 Å². The first-order chi connectivity index (χ1) is 6.83. The fourth-order valence-electron chi connectivity index (χ4n) is 1.50. The topological polar surface area (TPSA) is 29.5 Å². The summed E-state index contributed by atoms with van der Waals surface area (Å²) in [7, 11) is 1.66. The molecule has 0 aliphatic heterocycles.